The average Bonchev–Trinajstić information content (AvgIpc) is 2.37. The molecular formula is C11H18N4O4. The minimum atomic E-state index is -0.837. The molecule has 0 radical (unpaired) electrons. The number of aromatic nitrogens is 2. The minimum absolute atomic E-state index is 0.173. The van der Waals surface area contributed by atoms with Crippen LogP contribution in [0.25, 0.3) is 0 Å². The van der Waals surface area contributed by atoms with Gasteiger partial charge in [0.15, 0.2) is 0 Å². The molecule has 0 bridgehead atoms. The van der Waals surface area contributed by atoms with Crippen LogP contribution in [0.5, 0.6) is 0 Å². The van der Waals surface area contributed by atoms with Crippen LogP contribution in [0.15, 0.2) is 15.8 Å². The topological polar surface area (TPSA) is 99.2 Å². The molecule has 1 aromatic rings. The third kappa shape index (κ3) is 3.50. The number of aryl methyl sites for hydroxylation is 1. The molecule has 1 N–H and O–H groups in total. The van der Waals surface area contributed by atoms with Gasteiger partial charge in [0.2, 0.25) is 0 Å². The van der Waals surface area contributed by atoms with E-state index >= 15 is 0 Å². The van der Waals surface area contributed by atoms with Crippen molar-refractivity contribution in [1.29, 1.82) is 0 Å². The molecule has 0 spiro atoms. The summed E-state index contributed by atoms with van der Waals surface area (Å²) in [6, 6.07) is 0. The molecular weight excluding hydrogens is 252 g/mol. The van der Waals surface area contributed by atoms with Crippen molar-refractivity contribution in [3.05, 3.63) is 37.1 Å². The van der Waals surface area contributed by atoms with Crippen LogP contribution in [0.2, 0.25) is 0 Å². The second-order valence-electron chi connectivity index (χ2n) is 4.00. The molecule has 8 nitrogen and oxygen atoms in total. The van der Waals surface area contributed by atoms with Gasteiger partial charge in [0.1, 0.15) is 0 Å². The lowest BCUT2D eigenvalue weighted by molar-refractivity contribution is -0.387. The Bertz CT molecular complexity index is 561. The standard InChI is InChI=1S/C11H18N4O4/c1-3-12-6-5-7-14-10(16)9(15(18)19)8-13(4-2)11(14)17/h8,12H,3-7H2,1-2H3. The number of rotatable bonds is 7. The molecule has 0 aliphatic rings. The van der Waals surface area contributed by atoms with Gasteiger partial charge in [-0.05, 0) is 26.4 Å². The Balaban J connectivity index is 3.14. The maximum Gasteiger partial charge on any atom is 0.350 e. The van der Waals surface area contributed by atoms with Gasteiger partial charge in [-0.1, -0.05) is 6.92 Å². The third-order valence-electron chi connectivity index (χ3n) is 2.74. The molecule has 0 atom stereocenters. The quantitative estimate of drug-likeness (QED) is 0.425. The van der Waals surface area contributed by atoms with Gasteiger partial charge >= 0.3 is 16.9 Å². The first kappa shape index (κ1) is 15.1. The van der Waals surface area contributed by atoms with Crippen LogP contribution in [0.3, 0.4) is 0 Å². The molecule has 1 heterocycles. The fourth-order valence-corrected chi connectivity index (χ4v) is 1.73. The predicted octanol–water partition coefficient (Wildman–Crippen LogP) is -0.0623. The number of nitrogens with one attached hydrogen (secondary N) is 1. The molecule has 0 saturated carbocycles. The van der Waals surface area contributed by atoms with Crippen LogP contribution < -0.4 is 16.6 Å². The zero-order chi connectivity index (χ0) is 14.4. The summed E-state index contributed by atoms with van der Waals surface area (Å²) in [5, 5.41) is 13.9. The van der Waals surface area contributed by atoms with Crippen LogP contribution in [-0.2, 0) is 13.1 Å². The summed E-state index contributed by atoms with van der Waals surface area (Å²) in [5.74, 6) is 0. The smallest absolute Gasteiger partial charge is 0.317 e. The van der Waals surface area contributed by atoms with E-state index in [1.807, 2.05) is 6.92 Å². The Kier molecular flexibility index (Phi) is 5.43. The monoisotopic (exact) mass is 270 g/mol. The van der Waals surface area contributed by atoms with E-state index < -0.39 is 21.9 Å². The predicted molar refractivity (Wildman–Crippen MR) is 70.5 cm³/mol. The Morgan fingerprint density at radius 3 is 2.58 bits per heavy atom. The highest BCUT2D eigenvalue weighted by Crippen LogP contribution is 2.00. The van der Waals surface area contributed by atoms with E-state index in [1.54, 1.807) is 6.92 Å². The molecule has 0 aliphatic heterocycles. The van der Waals surface area contributed by atoms with Crippen LogP contribution in [0.1, 0.15) is 20.3 Å². The second kappa shape index (κ2) is 6.83. The molecule has 19 heavy (non-hydrogen) atoms. The Labute approximate surface area is 109 Å². The number of hydrogen-bond donors (Lipinski definition) is 1. The lowest BCUT2D eigenvalue weighted by Gasteiger charge is -2.08. The van der Waals surface area contributed by atoms with E-state index in [2.05, 4.69) is 5.32 Å². The average molecular weight is 270 g/mol. The molecule has 0 unspecified atom stereocenters. The van der Waals surface area contributed by atoms with E-state index in [0.717, 1.165) is 17.3 Å². The summed E-state index contributed by atoms with van der Waals surface area (Å²) in [4.78, 5) is 33.8. The van der Waals surface area contributed by atoms with Gasteiger partial charge in [-0.25, -0.2) is 4.79 Å². The Hall–Kier alpha value is -1.96. The van der Waals surface area contributed by atoms with Crippen LogP contribution in [-0.4, -0.2) is 27.1 Å². The Morgan fingerprint density at radius 2 is 2.05 bits per heavy atom. The fourth-order valence-electron chi connectivity index (χ4n) is 1.73. The molecule has 0 aromatic carbocycles. The highest BCUT2D eigenvalue weighted by atomic mass is 16.6. The highest BCUT2D eigenvalue weighted by molar-refractivity contribution is 5.21. The summed E-state index contributed by atoms with van der Waals surface area (Å²) >= 11 is 0. The maximum atomic E-state index is 11.9. The van der Waals surface area contributed by atoms with Gasteiger partial charge in [-0.2, -0.15) is 0 Å². The third-order valence-corrected chi connectivity index (χ3v) is 2.74. The molecule has 0 amide bonds. The highest BCUT2D eigenvalue weighted by Gasteiger charge is 2.18. The Morgan fingerprint density at radius 1 is 1.37 bits per heavy atom. The first-order valence-corrected chi connectivity index (χ1v) is 6.22. The summed E-state index contributed by atoms with van der Waals surface area (Å²) < 4.78 is 2.10. The van der Waals surface area contributed by atoms with Crippen molar-refractivity contribution in [2.75, 3.05) is 13.1 Å². The minimum Gasteiger partial charge on any atom is -0.317 e. The molecule has 8 heteroatoms. The van der Waals surface area contributed by atoms with Crippen molar-refractivity contribution in [3.8, 4) is 0 Å². The van der Waals surface area contributed by atoms with Crippen molar-refractivity contribution in [3.63, 3.8) is 0 Å². The van der Waals surface area contributed by atoms with Gasteiger partial charge in [0.05, 0.1) is 11.1 Å². The van der Waals surface area contributed by atoms with Gasteiger partial charge in [-0.3, -0.25) is 24.0 Å². The molecule has 1 aromatic heterocycles. The van der Waals surface area contributed by atoms with Crippen LogP contribution >= 0.6 is 0 Å². The van der Waals surface area contributed by atoms with Gasteiger partial charge in [-0.15, -0.1) is 0 Å². The summed E-state index contributed by atoms with van der Waals surface area (Å²) in [5.41, 5.74) is -1.91. The normalized spacial score (nSPS) is 10.6. The molecule has 106 valence electrons. The van der Waals surface area contributed by atoms with Gasteiger partial charge in [0, 0.05) is 13.1 Å². The SMILES string of the molecule is CCNCCCn1c(=O)c([N+](=O)[O-])cn(CC)c1=O. The fraction of sp³-hybridized carbons (Fsp3) is 0.636. The summed E-state index contributed by atoms with van der Waals surface area (Å²) in [6.45, 7) is 5.54. The first-order valence-electron chi connectivity index (χ1n) is 6.22. The number of nitrogens with zero attached hydrogens (tertiary/aromatic N) is 3. The van der Waals surface area contributed by atoms with Crippen LogP contribution in [0.4, 0.5) is 5.69 Å². The van der Waals surface area contributed by atoms with Crippen LogP contribution in [0, 0.1) is 10.1 Å². The van der Waals surface area contributed by atoms with Gasteiger partial charge < -0.3 is 5.32 Å². The molecule has 0 saturated heterocycles. The maximum absolute atomic E-state index is 11.9. The van der Waals surface area contributed by atoms with Crippen molar-refractivity contribution >= 4 is 5.69 Å². The van der Waals surface area contributed by atoms with Gasteiger partial charge in [0.25, 0.3) is 0 Å². The number of nitro groups is 1. The zero-order valence-electron chi connectivity index (χ0n) is 11.1. The van der Waals surface area contributed by atoms with Crippen molar-refractivity contribution < 1.29 is 4.92 Å². The van der Waals surface area contributed by atoms with E-state index in [1.165, 1.54) is 4.57 Å². The first-order chi connectivity index (χ1) is 9.02. The van der Waals surface area contributed by atoms with E-state index in [-0.39, 0.29) is 13.1 Å². The van der Waals surface area contributed by atoms with E-state index in [4.69, 9.17) is 0 Å². The molecule has 0 fully saturated rings. The summed E-state index contributed by atoms with van der Waals surface area (Å²) in [7, 11) is 0. The zero-order valence-corrected chi connectivity index (χ0v) is 11.1. The van der Waals surface area contributed by atoms with Crippen molar-refractivity contribution in [2.45, 2.75) is 33.4 Å². The largest absolute Gasteiger partial charge is 0.350 e. The van der Waals surface area contributed by atoms with Crippen molar-refractivity contribution in [2.24, 2.45) is 0 Å². The molecule has 1 rings (SSSR count). The molecule has 0 aliphatic carbocycles. The summed E-state index contributed by atoms with van der Waals surface area (Å²) in [6.07, 6.45) is 1.57. The second-order valence-corrected chi connectivity index (χ2v) is 4.00. The van der Waals surface area contributed by atoms with E-state index in [9.17, 15) is 19.7 Å². The van der Waals surface area contributed by atoms with E-state index in [0.29, 0.717) is 13.0 Å². The lowest BCUT2D eigenvalue weighted by atomic mass is 10.4. The van der Waals surface area contributed by atoms with Crippen molar-refractivity contribution in [1.82, 2.24) is 14.5 Å². The lowest BCUT2D eigenvalue weighted by Crippen LogP contribution is -2.40. The number of hydrogen-bond acceptors (Lipinski definition) is 5.